The third kappa shape index (κ3) is 6.11. The Labute approximate surface area is 208 Å². The summed E-state index contributed by atoms with van der Waals surface area (Å²) in [7, 11) is -3.55. The van der Waals surface area contributed by atoms with Crippen LogP contribution in [0.5, 0.6) is 0 Å². The van der Waals surface area contributed by atoms with Crippen molar-refractivity contribution in [3.05, 3.63) is 77.5 Å². The molecule has 35 heavy (non-hydrogen) atoms. The quantitative estimate of drug-likeness (QED) is 0.457. The maximum atomic E-state index is 13.0. The molecule has 0 N–H and O–H groups in total. The Morgan fingerprint density at radius 1 is 0.971 bits per heavy atom. The summed E-state index contributed by atoms with van der Waals surface area (Å²) >= 11 is 0. The van der Waals surface area contributed by atoms with E-state index in [9.17, 15) is 18.5 Å². The highest BCUT2D eigenvalue weighted by molar-refractivity contribution is 7.89. The Balaban J connectivity index is 1.31. The van der Waals surface area contributed by atoms with Crippen molar-refractivity contribution in [1.29, 1.82) is 5.26 Å². The summed E-state index contributed by atoms with van der Waals surface area (Å²) in [5, 5.41) is 9.66. The molecular formula is C27H32N4O3S. The molecule has 2 aromatic rings. The molecule has 4 rings (SSSR count). The average Bonchev–Trinajstić information content (AvgIpc) is 2.88. The van der Waals surface area contributed by atoms with E-state index in [-0.39, 0.29) is 16.4 Å². The van der Waals surface area contributed by atoms with Crippen molar-refractivity contribution in [2.75, 3.05) is 39.3 Å². The van der Waals surface area contributed by atoms with Crippen LogP contribution in [-0.4, -0.2) is 67.7 Å². The van der Waals surface area contributed by atoms with Crippen LogP contribution < -0.4 is 0 Å². The van der Waals surface area contributed by atoms with Gasteiger partial charge in [0.05, 0.1) is 4.90 Å². The summed E-state index contributed by atoms with van der Waals surface area (Å²) in [6.45, 7) is 4.71. The summed E-state index contributed by atoms with van der Waals surface area (Å²) in [5.41, 5.74) is 2.44. The minimum atomic E-state index is -3.55. The summed E-state index contributed by atoms with van der Waals surface area (Å²) in [4.78, 5) is 16.9. The van der Waals surface area contributed by atoms with Gasteiger partial charge in [-0.25, -0.2) is 8.42 Å². The molecule has 8 heteroatoms. The minimum absolute atomic E-state index is 0.112. The minimum Gasteiger partial charge on any atom is -0.373 e. The van der Waals surface area contributed by atoms with Gasteiger partial charge in [-0.15, -0.1) is 0 Å². The van der Waals surface area contributed by atoms with Gasteiger partial charge in [0.2, 0.25) is 10.0 Å². The van der Waals surface area contributed by atoms with Gasteiger partial charge < -0.3 is 9.80 Å². The second-order valence-electron chi connectivity index (χ2n) is 9.33. The highest BCUT2D eigenvalue weighted by atomic mass is 32.2. The third-order valence-electron chi connectivity index (χ3n) is 6.86. The standard InChI is InChI=1S/C27H32N4O3S/c1-22-7-9-26(10-8-22)35(33,34)31-17-15-29(16-18-31)21-25(20-28)27(32)30-13-11-24(12-14-30)19-23-5-3-2-4-6-23/h2-10,21,24H,11-19H2,1H3/b25-21-. The lowest BCUT2D eigenvalue weighted by atomic mass is 9.90. The highest BCUT2D eigenvalue weighted by Crippen LogP contribution is 2.23. The number of rotatable bonds is 6. The van der Waals surface area contributed by atoms with Crippen LogP contribution in [0.4, 0.5) is 0 Å². The van der Waals surface area contributed by atoms with Gasteiger partial charge in [-0.05, 0) is 49.8 Å². The fraction of sp³-hybridized carbons (Fsp3) is 0.407. The number of sulfonamides is 1. The van der Waals surface area contributed by atoms with E-state index in [2.05, 4.69) is 30.3 Å². The number of piperidine rings is 1. The fourth-order valence-corrected chi connectivity index (χ4v) is 6.13. The van der Waals surface area contributed by atoms with Gasteiger partial charge in [0.25, 0.3) is 5.91 Å². The number of hydrogen-bond donors (Lipinski definition) is 0. The van der Waals surface area contributed by atoms with Gasteiger partial charge in [-0.3, -0.25) is 4.79 Å². The van der Waals surface area contributed by atoms with Crippen molar-refractivity contribution >= 4 is 15.9 Å². The van der Waals surface area contributed by atoms with Gasteiger partial charge in [-0.1, -0.05) is 48.0 Å². The molecule has 0 spiro atoms. The number of amides is 1. The predicted molar refractivity (Wildman–Crippen MR) is 135 cm³/mol. The second-order valence-corrected chi connectivity index (χ2v) is 11.3. The molecule has 0 unspecified atom stereocenters. The molecular weight excluding hydrogens is 460 g/mol. The Morgan fingerprint density at radius 2 is 1.60 bits per heavy atom. The van der Waals surface area contributed by atoms with E-state index in [1.807, 2.05) is 17.9 Å². The molecule has 184 valence electrons. The average molecular weight is 493 g/mol. The zero-order valence-electron chi connectivity index (χ0n) is 20.1. The molecule has 0 radical (unpaired) electrons. The summed E-state index contributed by atoms with van der Waals surface area (Å²) in [6, 6.07) is 19.3. The smallest absolute Gasteiger partial charge is 0.266 e. The summed E-state index contributed by atoms with van der Waals surface area (Å²) < 4.78 is 27.3. The van der Waals surface area contributed by atoms with Crippen LogP contribution >= 0.6 is 0 Å². The van der Waals surface area contributed by atoms with Crippen LogP contribution in [0.3, 0.4) is 0 Å². The van der Waals surface area contributed by atoms with Crippen molar-refractivity contribution in [2.24, 2.45) is 5.92 Å². The lowest BCUT2D eigenvalue weighted by molar-refractivity contribution is -0.128. The largest absolute Gasteiger partial charge is 0.373 e. The van der Waals surface area contributed by atoms with Crippen molar-refractivity contribution in [1.82, 2.24) is 14.1 Å². The van der Waals surface area contributed by atoms with E-state index >= 15 is 0 Å². The first-order valence-electron chi connectivity index (χ1n) is 12.1. The number of likely N-dealkylation sites (tertiary alicyclic amines) is 1. The number of aryl methyl sites for hydroxylation is 1. The van der Waals surface area contributed by atoms with E-state index in [0.717, 1.165) is 24.8 Å². The van der Waals surface area contributed by atoms with E-state index < -0.39 is 10.0 Å². The summed E-state index contributed by atoms with van der Waals surface area (Å²) in [5.74, 6) is 0.305. The normalized spacial score (nSPS) is 18.3. The van der Waals surface area contributed by atoms with Crippen LogP contribution in [-0.2, 0) is 21.2 Å². The molecule has 1 amide bonds. The number of benzene rings is 2. The van der Waals surface area contributed by atoms with Crippen molar-refractivity contribution in [3.8, 4) is 6.07 Å². The number of nitrogens with zero attached hydrogens (tertiary/aromatic N) is 4. The Kier molecular flexibility index (Phi) is 7.89. The van der Waals surface area contributed by atoms with Gasteiger partial charge in [0, 0.05) is 45.5 Å². The van der Waals surface area contributed by atoms with E-state index in [0.29, 0.717) is 45.2 Å². The van der Waals surface area contributed by atoms with Crippen LogP contribution in [0.2, 0.25) is 0 Å². The predicted octanol–water partition coefficient (Wildman–Crippen LogP) is 3.19. The molecule has 2 heterocycles. The van der Waals surface area contributed by atoms with Crippen LogP contribution in [0.1, 0.15) is 24.0 Å². The number of piperazine rings is 1. The third-order valence-corrected chi connectivity index (χ3v) is 8.78. The molecule has 0 bridgehead atoms. The Hall–Kier alpha value is -3.15. The Morgan fingerprint density at radius 3 is 2.20 bits per heavy atom. The first-order chi connectivity index (χ1) is 16.9. The van der Waals surface area contributed by atoms with Gasteiger partial charge >= 0.3 is 0 Å². The first-order valence-corrected chi connectivity index (χ1v) is 13.6. The molecule has 7 nitrogen and oxygen atoms in total. The van der Waals surface area contributed by atoms with Gasteiger partial charge in [-0.2, -0.15) is 9.57 Å². The number of nitriles is 1. The van der Waals surface area contributed by atoms with Gasteiger partial charge in [0.15, 0.2) is 0 Å². The van der Waals surface area contributed by atoms with Crippen LogP contribution in [0.25, 0.3) is 0 Å². The second kappa shape index (κ2) is 11.1. The molecule has 2 aromatic carbocycles. The first kappa shape index (κ1) is 25.0. The monoisotopic (exact) mass is 492 g/mol. The molecule has 2 aliphatic rings. The number of carbonyl (C=O) groups is 1. The van der Waals surface area contributed by atoms with Crippen LogP contribution in [0, 0.1) is 24.2 Å². The lowest BCUT2D eigenvalue weighted by Crippen LogP contribution is -2.47. The zero-order chi connectivity index (χ0) is 24.8. The molecule has 2 fully saturated rings. The molecule has 0 saturated carbocycles. The molecule has 2 saturated heterocycles. The topological polar surface area (TPSA) is 84.7 Å². The maximum absolute atomic E-state index is 13.0. The van der Waals surface area contributed by atoms with Gasteiger partial charge in [0.1, 0.15) is 11.6 Å². The van der Waals surface area contributed by atoms with Crippen molar-refractivity contribution in [3.63, 3.8) is 0 Å². The zero-order valence-corrected chi connectivity index (χ0v) is 21.0. The van der Waals surface area contributed by atoms with Crippen LogP contribution in [0.15, 0.2) is 71.3 Å². The molecule has 0 atom stereocenters. The lowest BCUT2D eigenvalue weighted by Gasteiger charge is -2.34. The van der Waals surface area contributed by atoms with E-state index in [1.54, 1.807) is 35.4 Å². The van der Waals surface area contributed by atoms with Crippen molar-refractivity contribution in [2.45, 2.75) is 31.1 Å². The summed E-state index contributed by atoms with van der Waals surface area (Å²) in [6.07, 6.45) is 4.47. The molecule has 0 aliphatic carbocycles. The van der Waals surface area contributed by atoms with Crippen molar-refractivity contribution < 1.29 is 13.2 Å². The maximum Gasteiger partial charge on any atom is 0.266 e. The Bertz CT molecular complexity index is 1190. The number of carbonyl (C=O) groups excluding carboxylic acids is 1. The highest BCUT2D eigenvalue weighted by Gasteiger charge is 2.29. The fourth-order valence-electron chi connectivity index (χ4n) is 4.70. The van der Waals surface area contributed by atoms with E-state index in [4.69, 9.17) is 0 Å². The van der Waals surface area contributed by atoms with E-state index in [1.165, 1.54) is 9.87 Å². The SMILES string of the molecule is Cc1ccc(S(=O)(=O)N2CCN(/C=C(/C#N)C(=O)N3CCC(Cc4ccccc4)CC3)CC2)cc1. The molecule has 0 aromatic heterocycles. The number of hydrogen-bond acceptors (Lipinski definition) is 5. The molecule has 2 aliphatic heterocycles.